The Balaban J connectivity index is 0.00000288. The van der Waals surface area contributed by atoms with Crippen molar-refractivity contribution >= 4 is 28.4 Å². The molecule has 0 bridgehead atoms. The summed E-state index contributed by atoms with van der Waals surface area (Å²) in [5.74, 6) is -0.475. The molecule has 0 radical (unpaired) electrons. The van der Waals surface area contributed by atoms with Gasteiger partial charge in [0.25, 0.3) is 0 Å². The Morgan fingerprint density at radius 2 is 2.00 bits per heavy atom. The topological polar surface area (TPSA) is 89.7 Å². The van der Waals surface area contributed by atoms with Crippen molar-refractivity contribution in [2.75, 3.05) is 20.2 Å². The van der Waals surface area contributed by atoms with Crippen molar-refractivity contribution in [2.45, 2.75) is 38.1 Å². The van der Waals surface area contributed by atoms with Crippen LogP contribution in [0, 0.1) is 12.3 Å². The van der Waals surface area contributed by atoms with Crippen LogP contribution < -0.4 is 5.73 Å². The molecule has 1 fully saturated rings. The molecule has 1 saturated heterocycles. The molecule has 1 atom stereocenters. The number of hydrogen-bond donors (Lipinski definition) is 1. The number of sulfonamides is 1. The maximum absolute atomic E-state index is 12.9. The summed E-state index contributed by atoms with van der Waals surface area (Å²) in [6, 6.07) is 4.45. The molecule has 2 N–H and O–H groups in total. The van der Waals surface area contributed by atoms with Crippen molar-refractivity contribution in [3.05, 3.63) is 29.3 Å². The summed E-state index contributed by atoms with van der Waals surface area (Å²) < 4.78 is 31.9. The molecule has 1 aromatic carbocycles. The van der Waals surface area contributed by atoms with Crippen LogP contribution in [-0.4, -0.2) is 44.9 Å². The number of methoxy groups -OCH3 is 1. The molecule has 2 rings (SSSR count). The molecule has 0 aromatic heterocycles. The summed E-state index contributed by atoms with van der Waals surface area (Å²) >= 11 is 0. The summed E-state index contributed by atoms with van der Waals surface area (Å²) in [4.78, 5) is 11.8. The minimum Gasteiger partial charge on any atom is -0.465 e. The first-order chi connectivity index (χ1) is 10.6. The third-order valence-electron chi connectivity index (χ3n) is 4.52. The quantitative estimate of drug-likeness (QED) is 0.814. The summed E-state index contributed by atoms with van der Waals surface area (Å²) in [7, 11) is -2.31. The Hall–Kier alpha value is -1.15. The van der Waals surface area contributed by atoms with Gasteiger partial charge in [-0.05, 0) is 42.5 Å². The summed E-state index contributed by atoms with van der Waals surface area (Å²) in [5, 5.41) is 0. The Bertz CT molecular complexity index is 719. The molecule has 0 aliphatic carbocycles. The molecular formula is C16H25ClN2O4S. The van der Waals surface area contributed by atoms with Crippen LogP contribution in [0.25, 0.3) is 0 Å². The fourth-order valence-electron chi connectivity index (χ4n) is 2.81. The number of aryl methyl sites for hydroxylation is 1. The highest BCUT2D eigenvalue weighted by Gasteiger charge is 2.38. The number of nitrogens with zero attached hydrogens (tertiary/aromatic N) is 1. The molecule has 1 unspecified atom stereocenters. The second-order valence-corrected chi connectivity index (χ2v) is 8.63. The van der Waals surface area contributed by atoms with Gasteiger partial charge in [-0.3, -0.25) is 0 Å². The first-order valence-electron chi connectivity index (χ1n) is 7.54. The van der Waals surface area contributed by atoms with Gasteiger partial charge in [0, 0.05) is 19.1 Å². The molecule has 6 nitrogen and oxygen atoms in total. The van der Waals surface area contributed by atoms with Crippen LogP contribution in [-0.2, 0) is 14.8 Å². The third-order valence-corrected chi connectivity index (χ3v) is 6.36. The number of rotatable bonds is 3. The van der Waals surface area contributed by atoms with Gasteiger partial charge in [-0.25, -0.2) is 13.2 Å². The van der Waals surface area contributed by atoms with Gasteiger partial charge in [0.1, 0.15) is 0 Å². The largest absolute Gasteiger partial charge is 0.465 e. The minimum atomic E-state index is -3.60. The van der Waals surface area contributed by atoms with E-state index < -0.39 is 16.0 Å². The van der Waals surface area contributed by atoms with E-state index in [-0.39, 0.29) is 28.8 Å². The zero-order chi connectivity index (χ0) is 17.4. The van der Waals surface area contributed by atoms with Gasteiger partial charge in [-0.1, -0.05) is 13.8 Å². The van der Waals surface area contributed by atoms with Crippen LogP contribution in [0.3, 0.4) is 0 Å². The van der Waals surface area contributed by atoms with Crippen LogP contribution in [0.1, 0.15) is 36.2 Å². The molecule has 0 amide bonds. The number of hydrogen-bond acceptors (Lipinski definition) is 5. The lowest BCUT2D eigenvalue weighted by atomic mass is 9.81. The predicted octanol–water partition coefficient (Wildman–Crippen LogP) is 1.95. The van der Waals surface area contributed by atoms with Gasteiger partial charge >= 0.3 is 5.97 Å². The first-order valence-corrected chi connectivity index (χ1v) is 8.98. The average molecular weight is 377 g/mol. The standard InChI is InChI=1S/C16H24N2O4S.ClH/c1-11-9-12(5-6-13(11)15(19)22-4)23(20,21)18-8-7-14(17)16(2,3)10-18;/h5-6,9,14H,7-8,10,17H2,1-4H3;1H. The van der Waals surface area contributed by atoms with E-state index in [1.165, 1.54) is 29.6 Å². The minimum absolute atomic E-state index is 0. The van der Waals surface area contributed by atoms with Gasteiger partial charge < -0.3 is 10.5 Å². The molecule has 24 heavy (non-hydrogen) atoms. The zero-order valence-electron chi connectivity index (χ0n) is 14.4. The maximum atomic E-state index is 12.9. The number of nitrogens with two attached hydrogens (primary N) is 1. The fourth-order valence-corrected chi connectivity index (χ4v) is 4.53. The van der Waals surface area contributed by atoms with Crippen molar-refractivity contribution in [1.29, 1.82) is 0 Å². The molecular weight excluding hydrogens is 352 g/mol. The number of halogens is 1. The second kappa shape index (κ2) is 7.39. The summed E-state index contributed by atoms with van der Waals surface area (Å²) in [5.41, 5.74) is 6.75. The summed E-state index contributed by atoms with van der Waals surface area (Å²) in [6.45, 7) is 6.44. The van der Waals surface area contributed by atoms with E-state index in [2.05, 4.69) is 4.74 Å². The third kappa shape index (κ3) is 3.91. The molecule has 0 spiro atoms. The SMILES string of the molecule is COC(=O)c1ccc(S(=O)(=O)N2CCC(N)C(C)(C)C2)cc1C.Cl. The Kier molecular flexibility index (Phi) is 6.43. The maximum Gasteiger partial charge on any atom is 0.338 e. The zero-order valence-corrected chi connectivity index (χ0v) is 16.0. The van der Waals surface area contributed by atoms with Crippen molar-refractivity contribution in [3.8, 4) is 0 Å². The fraction of sp³-hybridized carbons (Fsp3) is 0.562. The Morgan fingerprint density at radius 1 is 1.38 bits per heavy atom. The van der Waals surface area contributed by atoms with E-state index in [1.54, 1.807) is 6.92 Å². The van der Waals surface area contributed by atoms with Crippen molar-refractivity contribution in [1.82, 2.24) is 4.31 Å². The molecule has 1 aliphatic heterocycles. The Labute approximate surface area is 149 Å². The summed E-state index contributed by atoms with van der Waals surface area (Å²) in [6.07, 6.45) is 0.630. The monoisotopic (exact) mass is 376 g/mol. The van der Waals surface area contributed by atoms with Gasteiger partial charge in [-0.2, -0.15) is 4.31 Å². The molecule has 0 saturated carbocycles. The van der Waals surface area contributed by atoms with Gasteiger partial charge in [0.2, 0.25) is 10.0 Å². The molecule has 1 aromatic rings. The molecule has 1 aliphatic rings. The molecule has 136 valence electrons. The molecule has 1 heterocycles. The highest BCUT2D eigenvalue weighted by atomic mass is 35.5. The number of esters is 1. The number of carbonyl (C=O) groups is 1. The highest BCUT2D eigenvalue weighted by molar-refractivity contribution is 7.89. The lowest BCUT2D eigenvalue weighted by molar-refractivity contribution is 0.0600. The predicted molar refractivity (Wildman–Crippen MR) is 94.9 cm³/mol. The van der Waals surface area contributed by atoms with Gasteiger partial charge in [-0.15, -0.1) is 12.4 Å². The van der Waals surface area contributed by atoms with Crippen LogP contribution in [0.2, 0.25) is 0 Å². The van der Waals surface area contributed by atoms with E-state index in [4.69, 9.17) is 5.73 Å². The lowest BCUT2D eigenvalue weighted by Gasteiger charge is -2.41. The van der Waals surface area contributed by atoms with E-state index >= 15 is 0 Å². The van der Waals surface area contributed by atoms with E-state index in [0.717, 1.165) is 0 Å². The second-order valence-electron chi connectivity index (χ2n) is 6.69. The van der Waals surface area contributed by atoms with E-state index in [9.17, 15) is 13.2 Å². The van der Waals surface area contributed by atoms with Crippen LogP contribution >= 0.6 is 12.4 Å². The smallest absolute Gasteiger partial charge is 0.338 e. The van der Waals surface area contributed by atoms with E-state index in [0.29, 0.717) is 30.6 Å². The Morgan fingerprint density at radius 3 is 2.50 bits per heavy atom. The molecule has 8 heteroatoms. The normalized spacial score (nSPS) is 21.0. The van der Waals surface area contributed by atoms with Crippen molar-refractivity contribution in [2.24, 2.45) is 11.1 Å². The number of ether oxygens (including phenoxy) is 1. The number of piperidine rings is 1. The highest BCUT2D eigenvalue weighted by Crippen LogP contribution is 2.31. The average Bonchev–Trinajstić information content (AvgIpc) is 2.48. The van der Waals surface area contributed by atoms with Gasteiger partial charge in [0.15, 0.2) is 0 Å². The van der Waals surface area contributed by atoms with E-state index in [1.807, 2.05) is 13.8 Å². The number of carbonyl (C=O) groups excluding carboxylic acids is 1. The van der Waals surface area contributed by atoms with Crippen molar-refractivity contribution in [3.63, 3.8) is 0 Å². The van der Waals surface area contributed by atoms with Crippen molar-refractivity contribution < 1.29 is 17.9 Å². The van der Waals surface area contributed by atoms with Crippen LogP contribution in [0.5, 0.6) is 0 Å². The first kappa shape index (κ1) is 20.9. The van der Waals surface area contributed by atoms with Gasteiger partial charge in [0.05, 0.1) is 17.6 Å². The number of benzene rings is 1. The lowest BCUT2D eigenvalue weighted by Crippen LogP contribution is -2.53. The van der Waals surface area contributed by atoms with Crippen LogP contribution in [0.4, 0.5) is 0 Å². The van der Waals surface area contributed by atoms with Crippen LogP contribution in [0.15, 0.2) is 23.1 Å².